The highest BCUT2D eigenvalue weighted by atomic mass is 16.7. The molecule has 7 nitrogen and oxygen atoms in total. The molecule has 1 aliphatic rings. The molecule has 0 N–H and O–H groups in total. The molecule has 0 aromatic carbocycles. The molecular formula is C13H16N4O3. The summed E-state index contributed by atoms with van der Waals surface area (Å²) in [7, 11) is 1.69. The summed E-state index contributed by atoms with van der Waals surface area (Å²) in [5.41, 5.74) is 0.517. The molecule has 0 amide bonds. The number of pyridine rings is 1. The van der Waals surface area contributed by atoms with E-state index in [1.54, 1.807) is 13.2 Å². The molecule has 1 aliphatic heterocycles. The van der Waals surface area contributed by atoms with E-state index in [4.69, 9.17) is 9.47 Å². The molecule has 106 valence electrons. The highest BCUT2D eigenvalue weighted by Crippen LogP contribution is 2.12. The first-order valence-electron chi connectivity index (χ1n) is 6.54. The minimum atomic E-state index is -0.234. The quantitative estimate of drug-likeness (QED) is 0.808. The van der Waals surface area contributed by atoms with Crippen LogP contribution in [0.2, 0.25) is 0 Å². The molecule has 20 heavy (non-hydrogen) atoms. The summed E-state index contributed by atoms with van der Waals surface area (Å²) in [6.07, 6.45) is 2.06. The zero-order valence-electron chi connectivity index (χ0n) is 11.2. The second-order valence-corrected chi connectivity index (χ2v) is 4.56. The Balaban J connectivity index is 1.80. The average Bonchev–Trinajstić information content (AvgIpc) is 3.09. The van der Waals surface area contributed by atoms with Gasteiger partial charge in [-0.1, -0.05) is 6.07 Å². The zero-order valence-corrected chi connectivity index (χ0v) is 11.2. The van der Waals surface area contributed by atoms with Crippen LogP contribution in [-0.2, 0) is 23.1 Å². The Morgan fingerprint density at radius 2 is 2.15 bits per heavy atom. The molecular weight excluding hydrogens is 260 g/mol. The Hall–Kier alpha value is -1.99. The van der Waals surface area contributed by atoms with Gasteiger partial charge in [-0.3, -0.25) is 9.55 Å². The van der Waals surface area contributed by atoms with Crippen LogP contribution < -0.4 is 5.69 Å². The van der Waals surface area contributed by atoms with Crippen molar-refractivity contribution in [3.05, 3.63) is 34.9 Å². The summed E-state index contributed by atoms with van der Waals surface area (Å²) < 4.78 is 13.6. The number of aryl methyl sites for hydroxylation is 1. The predicted octanol–water partition coefficient (Wildman–Crippen LogP) is 0.407. The third-order valence-corrected chi connectivity index (χ3v) is 3.20. The maximum Gasteiger partial charge on any atom is 0.345 e. The van der Waals surface area contributed by atoms with E-state index in [2.05, 4.69) is 10.1 Å². The van der Waals surface area contributed by atoms with E-state index in [9.17, 15) is 4.79 Å². The molecule has 1 saturated heterocycles. The molecule has 3 heterocycles. The first-order valence-corrected chi connectivity index (χ1v) is 6.54. The van der Waals surface area contributed by atoms with Crippen molar-refractivity contribution in [1.82, 2.24) is 19.3 Å². The van der Waals surface area contributed by atoms with Crippen molar-refractivity contribution in [2.75, 3.05) is 13.2 Å². The molecule has 0 radical (unpaired) electrons. The van der Waals surface area contributed by atoms with Crippen molar-refractivity contribution >= 4 is 0 Å². The predicted molar refractivity (Wildman–Crippen MR) is 71.0 cm³/mol. The van der Waals surface area contributed by atoms with Gasteiger partial charge in [0.25, 0.3) is 0 Å². The number of aromatic nitrogens is 4. The number of hydrogen-bond donors (Lipinski definition) is 0. The van der Waals surface area contributed by atoms with Crippen molar-refractivity contribution < 1.29 is 9.47 Å². The minimum Gasteiger partial charge on any atom is -0.350 e. The minimum absolute atomic E-state index is 0.163. The SMILES string of the molecule is Cn1c(-c2ccccn2)nn(CCC2OCCO2)c1=O. The maximum absolute atomic E-state index is 12.1. The molecule has 1 fully saturated rings. The fourth-order valence-corrected chi connectivity index (χ4v) is 2.15. The molecule has 3 rings (SSSR count). The second-order valence-electron chi connectivity index (χ2n) is 4.56. The van der Waals surface area contributed by atoms with Crippen molar-refractivity contribution in [2.24, 2.45) is 7.05 Å². The van der Waals surface area contributed by atoms with E-state index in [1.807, 2.05) is 18.2 Å². The summed E-state index contributed by atoms with van der Waals surface area (Å²) in [6.45, 7) is 1.69. The average molecular weight is 276 g/mol. The largest absolute Gasteiger partial charge is 0.350 e. The molecule has 0 saturated carbocycles. The van der Waals surface area contributed by atoms with Crippen LogP contribution in [0.25, 0.3) is 11.5 Å². The fourth-order valence-electron chi connectivity index (χ4n) is 2.15. The number of ether oxygens (including phenoxy) is 2. The van der Waals surface area contributed by atoms with E-state index in [0.717, 1.165) is 0 Å². The van der Waals surface area contributed by atoms with E-state index in [1.165, 1.54) is 9.25 Å². The van der Waals surface area contributed by atoms with E-state index in [0.29, 0.717) is 37.7 Å². The third kappa shape index (κ3) is 2.50. The normalized spacial score (nSPS) is 15.8. The van der Waals surface area contributed by atoms with Crippen LogP contribution in [0.3, 0.4) is 0 Å². The monoisotopic (exact) mass is 276 g/mol. The zero-order chi connectivity index (χ0) is 13.9. The Labute approximate surface area is 115 Å². The highest BCUT2D eigenvalue weighted by molar-refractivity contribution is 5.48. The Kier molecular flexibility index (Phi) is 3.62. The first kappa shape index (κ1) is 13.0. The maximum atomic E-state index is 12.1. The molecule has 2 aromatic rings. The number of hydrogen-bond acceptors (Lipinski definition) is 5. The van der Waals surface area contributed by atoms with Crippen molar-refractivity contribution in [3.8, 4) is 11.5 Å². The molecule has 0 spiro atoms. The molecule has 0 bridgehead atoms. The van der Waals surface area contributed by atoms with Gasteiger partial charge in [-0.05, 0) is 12.1 Å². The lowest BCUT2D eigenvalue weighted by atomic mass is 10.3. The van der Waals surface area contributed by atoms with Crippen LogP contribution in [0.15, 0.2) is 29.2 Å². The molecule has 0 aliphatic carbocycles. The Morgan fingerprint density at radius 3 is 2.85 bits per heavy atom. The van der Waals surface area contributed by atoms with Crippen LogP contribution in [0, 0.1) is 0 Å². The summed E-state index contributed by atoms with van der Waals surface area (Å²) in [4.78, 5) is 16.3. The first-order chi connectivity index (χ1) is 9.75. The third-order valence-electron chi connectivity index (χ3n) is 3.20. The van der Waals surface area contributed by atoms with Gasteiger partial charge in [-0.25, -0.2) is 9.48 Å². The van der Waals surface area contributed by atoms with Crippen LogP contribution >= 0.6 is 0 Å². The van der Waals surface area contributed by atoms with Gasteiger partial charge in [0, 0.05) is 19.7 Å². The summed E-state index contributed by atoms with van der Waals surface area (Å²) in [5.74, 6) is 0.559. The van der Waals surface area contributed by atoms with Crippen molar-refractivity contribution in [3.63, 3.8) is 0 Å². The van der Waals surface area contributed by atoms with Gasteiger partial charge in [-0.2, -0.15) is 0 Å². The van der Waals surface area contributed by atoms with Gasteiger partial charge in [0.15, 0.2) is 12.1 Å². The Bertz CT molecular complexity index is 629. The van der Waals surface area contributed by atoms with Gasteiger partial charge < -0.3 is 9.47 Å². The number of rotatable bonds is 4. The lowest BCUT2D eigenvalue weighted by Gasteiger charge is -2.07. The summed E-state index contributed by atoms with van der Waals surface area (Å²) in [5, 5.41) is 4.33. The van der Waals surface area contributed by atoms with Crippen LogP contribution in [0.5, 0.6) is 0 Å². The van der Waals surface area contributed by atoms with Crippen LogP contribution in [0.1, 0.15) is 6.42 Å². The fraction of sp³-hybridized carbons (Fsp3) is 0.462. The second kappa shape index (κ2) is 5.56. The lowest BCUT2D eigenvalue weighted by molar-refractivity contribution is -0.0497. The van der Waals surface area contributed by atoms with E-state index < -0.39 is 0 Å². The number of nitrogens with zero attached hydrogens (tertiary/aromatic N) is 4. The van der Waals surface area contributed by atoms with Crippen LogP contribution in [-0.4, -0.2) is 38.8 Å². The van der Waals surface area contributed by atoms with Gasteiger partial charge in [0.1, 0.15) is 5.69 Å². The van der Waals surface area contributed by atoms with Gasteiger partial charge in [0.2, 0.25) is 0 Å². The molecule has 0 unspecified atom stereocenters. The topological polar surface area (TPSA) is 71.2 Å². The summed E-state index contributed by atoms with van der Waals surface area (Å²) >= 11 is 0. The standard InChI is InChI=1S/C13H16N4O3/c1-16-12(10-4-2-3-6-14-10)15-17(13(16)18)7-5-11-19-8-9-20-11/h2-4,6,11H,5,7-9H2,1H3. The van der Waals surface area contributed by atoms with Gasteiger partial charge in [-0.15, -0.1) is 5.10 Å². The molecule has 2 aromatic heterocycles. The van der Waals surface area contributed by atoms with Gasteiger partial charge >= 0.3 is 5.69 Å². The van der Waals surface area contributed by atoms with Crippen molar-refractivity contribution in [1.29, 1.82) is 0 Å². The molecule has 7 heteroatoms. The van der Waals surface area contributed by atoms with E-state index in [-0.39, 0.29) is 12.0 Å². The van der Waals surface area contributed by atoms with Crippen LogP contribution in [0.4, 0.5) is 0 Å². The van der Waals surface area contributed by atoms with Gasteiger partial charge in [0.05, 0.1) is 19.8 Å². The van der Waals surface area contributed by atoms with E-state index >= 15 is 0 Å². The summed E-state index contributed by atoms with van der Waals surface area (Å²) in [6, 6.07) is 5.52. The smallest absolute Gasteiger partial charge is 0.345 e. The van der Waals surface area contributed by atoms with Crippen molar-refractivity contribution in [2.45, 2.75) is 19.3 Å². The molecule has 0 atom stereocenters. The Morgan fingerprint density at radius 1 is 1.35 bits per heavy atom. The highest BCUT2D eigenvalue weighted by Gasteiger charge is 2.18. The lowest BCUT2D eigenvalue weighted by Crippen LogP contribution is -2.25.